The van der Waals surface area contributed by atoms with Crippen molar-refractivity contribution in [2.45, 2.75) is 38.8 Å². The van der Waals surface area contributed by atoms with Crippen LogP contribution in [0, 0.1) is 0 Å². The largest absolute Gasteiger partial charge is 0.444 e. The van der Waals surface area contributed by atoms with Crippen molar-refractivity contribution in [1.82, 2.24) is 20.4 Å². The predicted molar refractivity (Wildman–Crippen MR) is 83.5 cm³/mol. The maximum absolute atomic E-state index is 12.0. The number of ether oxygens (including phenoxy) is 1. The first kappa shape index (κ1) is 16.5. The first-order chi connectivity index (χ1) is 9.94. The summed E-state index contributed by atoms with van der Waals surface area (Å²) in [6.45, 7) is 13.4. The van der Waals surface area contributed by atoms with E-state index in [1.165, 1.54) is 6.42 Å². The van der Waals surface area contributed by atoms with Gasteiger partial charge in [-0.25, -0.2) is 4.79 Å². The van der Waals surface area contributed by atoms with E-state index in [1.807, 2.05) is 25.7 Å². The SMILES string of the molecule is CC(C)(C)OC(=O)N1CCN(CCNC2CCNC2)CC1. The molecule has 0 bridgehead atoms. The lowest BCUT2D eigenvalue weighted by Crippen LogP contribution is -2.51. The average molecular weight is 298 g/mol. The van der Waals surface area contributed by atoms with E-state index in [-0.39, 0.29) is 6.09 Å². The summed E-state index contributed by atoms with van der Waals surface area (Å²) in [6, 6.07) is 0.632. The van der Waals surface area contributed by atoms with Gasteiger partial charge in [0.05, 0.1) is 0 Å². The fourth-order valence-electron chi connectivity index (χ4n) is 2.74. The van der Waals surface area contributed by atoms with Crippen molar-refractivity contribution in [2.75, 3.05) is 52.4 Å². The second-order valence-corrected chi connectivity index (χ2v) is 6.95. The Hall–Kier alpha value is -0.850. The molecule has 21 heavy (non-hydrogen) atoms. The zero-order valence-corrected chi connectivity index (χ0v) is 13.7. The van der Waals surface area contributed by atoms with Gasteiger partial charge in [-0.15, -0.1) is 0 Å². The lowest BCUT2D eigenvalue weighted by atomic mass is 10.2. The summed E-state index contributed by atoms with van der Waals surface area (Å²) in [6.07, 6.45) is 1.05. The van der Waals surface area contributed by atoms with Gasteiger partial charge in [-0.1, -0.05) is 0 Å². The summed E-state index contributed by atoms with van der Waals surface area (Å²) in [5.41, 5.74) is -0.409. The molecule has 2 saturated heterocycles. The zero-order valence-electron chi connectivity index (χ0n) is 13.7. The topological polar surface area (TPSA) is 56.8 Å². The molecule has 0 aromatic heterocycles. The lowest BCUT2D eigenvalue weighted by molar-refractivity contribution is 0.0146. The van der Waals surface area contributed by atoms with Gasteiger partial charge in [-0.05, 0) is 33.7 Å². The fourth-order valence-corrected chi connectivity index (χ4v) is 2.74. The number of carbonyl (C=O) groups is 1. The Labute approximate surface area is 128 Å². The van der Waals surface area contributed by atoms with Gasteiger partial charge in [-0.2, -0.15) is 0 Å². The van der Waals surface area contributed by atoms with Crippen LogP contribution in [0.3, 0.4) is 0 Å². The van der Waals surface area contributed by atoms with E-state index in [0.29, 0.717) is 6.04 Å². The molecular formula is C15H30N4O2. The van der Waals surface area contributed by atoms with E-state index in [2.05, 4.69) is 15.5 Å². The van der Waals surface area contributed by atoms with Crippen LogP contribution in [0.1, 0.15) is 27.2 Å². The summed E-state index contributed by atoms with van der Waals surface area (Å²) in [5.74, 6) is 0. The van der Waals surface area contributed by atoms with Crippen molar-refractivity contribution in [3.05, 3.63) is 0 Å². The standard InChI is InChI=1S/C15H30N4O2/c1-15(2,3)21-14(20)19-10-8-18(9-11-19)7-6-17-13-4-5-16-12-13/h13,16-17H,4-12H2,1-3H3. The van der Waals surface area contributed by atoms with Crippen LogP contribution in [0.15, 0.2) is 0 Å². The number of hydrogen-bond acceptors (Lipinski definition) is 5. The van der Waals surface area contributed by atoms with Gasteiger partial charge in [-0.3, -0.25) is 4.90 Å². The molecule has 0 saturated carbocycles. The van der Waals surface area contributed by atoms with Gasteiger partial charge < -0.3 is 20.3 Å². The third-order valence-corrected chi connectivity index (χ3v) is 3.95. The highest BCUT2D eigenvalue weighted by Crippen LogP contribution is 2.11. The van der Waals surface area contributed by atoms with Crippen LogP contribution >= 0.6 is 0 Å². The number of hydrogen-bond donors (Lipinski definition) is 2. The number of nitrogens with one attached hydrogen (secondary N) is 2. The van der Waals surface area contributed by atoms with Crippen molar-refractivity contribution < 1.29 is 9.53 Å². The molecule has 0 aromatic carbocycles. The molecule has 1 unspecified atom stereocenters. The summed E-state index contributed by atoms with van der Waals surface area (Å²) < 4.78 is 5.41. The Balaban J connectivity index is 1.60. The van der Waals surface area contributed by atoms with Crippen LogP contribution in [0.4, 0.5) is 4.79 Å². The number of rotatable bonds is 4. The van der Waals surface area contributed by atoms with Crippen LogP contribution in [0.25, 0.3) is 0 Å². The van der Waals surface area contributed by atoms with Crippen molar-refractivity contribution >= 4 is 6.09 Å². The van der Waals surface area contributed by atoms with Crippen LogP contribution in [0.2, 0.25) is 0 Å². The zero-order chi connectivity index (χ0) is 15.3. The molecule has 6 nitrogen and oxygen atoms in total. The summed E-state index contributed by atoms with van der Waals surface area (Å²) in [7, 11) is 0. The third-order valence-electron chi connectivity index (χ3n) is 3.95. The van der Waals surface area contributed by atoms with Crippen molar-refractivity contribution in [2.24, 2.45) is 0 Å². The van der Waals surface area contributed by atoms with E-state index in [9.17, 15) is 4.79 Å². The summed E-state index contributed by atoms with van der Waals surface area (Å²) >= 11 is 0. The highest BCUT2D eigenvalue weighted by Gasteiger charge is 2.25. The number of nitrogens with zero attached hydrogens (tertiary/aromatic N) is 2. The highest BCUT2D eigenvalue weighted by atomic mass is 16.6. The Morgan fingerprint density at radius 2 is 2.00 bits per heavy atom. The molecule has 1 amide bonds. The molecule has 1 atom stereocenters. The minimum absolute atomic E-state index is 0.183. The normalized spacial score (nSPS) is 24.3. The van der Waals surface area contributed by atoms with Crippen LogP contribution in [-0.2, 0) is 4.74 Å². The molecule has 122 valence electrons. The van der Waals surface area contributed by atoms with Gasteiger partial charge in [0.2, 0.25) is 0 Å². The number of amides is 1. The van der Waals surface area contributed by atoms with Gasteiger partial charge in [0.25, 0.3) is 0 Å². The molecule has 0 aromatic rings. The molecule has 2 aliphatic heterocycles. The van der Waals surface area contributed by atoms with Gasteiger partial charge in [0, 0.05) is 51.9 Å². The number of piperazine rings is 1. The molecular weight excluding hydrogens is 268 g/mol. The Kier molecular flexibility index (Phi) is 5.84. The summed E-state index contributed by atoms with van der Waals surface area (Å²) in [4.78, 5) is 16.2. The van der Waals surface area contributed by atoms with E-state index >= 15 is 0 Å². The molecule has 2 N–H and O–H groups in total. The van der Waals surface area contributed by atoms with Crippen LogP contribution in [-0.4, -0.2) is 79.9 Å². The molecule has 0 radical (unpaired) electrons. The maximum atomic E-state index is 12.0. The Morgan fingerprint density at radius 3 is 2.57 bits per heavy atom. The summed E-state index contributed by atoms with van der Waals surface area (Å²) in [5, 5.41) is 6.95. The minimum atomic E-state index is -0.409. The van der Waals surface area contributed by atoms with Crippen molar-refractivity contribution in [1.29, 1.82) is 0 Å². The first-order valence-corrected chi connectivity index (χ1v) is 8.08. The van der Waals surface area contributed by atoms with Gasteiger partial charge in [0.1, 0.15) is 5.60 Å². The molecule has 0 aliphatic carbocycles. The second kappa shape index (κ2) is 7.42. The molecule has 2 rings (SSSR count). The minimum Gasteiger partial charge on any atom is -0.444 e. The Morgan fingerprint density at radius 1 is 1.29 bits per heavy atom. The third kappa shape index (κ3) is 5.80. The van der Waals surface area contributed by atoms with E-state index in [1.54, 1.807) is 0 Å². The van der Waals surface area contributed by atoms with E-state index in [0.717, 1.165) is 52.4 Å². The molecule has 2 fully saturated rings. The van der Waals surface area contributed by atoms with Crippen LogP contribution < -0.4 is 10.6 Å². The average Bonchev–Trinajstić information content (AvgIpc) is 2.91. The number of carbonyl (C=O) groups excluding carboxylic acids is 1. The van der Waals surface area contributed by atoms with Crippen molar-refractivity contribution in [3.63, 3.8) is 0 Å². The lowest BCUT2D eigenvalue weighted by Gasteiger charge is -2.35. The van der Waals surface area contributed by atoms with Gasteiger partial charge in [0.15, 0.2) is 0 Å². The fraction of sp³-hybridized carbons (Fsp3) is 0.933. The molecule has 2 heterocycles. The predicted octanol–water partition coefficient (Wildman–Crippen LogP) is 0.491. The molecule has 6 heteroatoms. The van der Waals surface area contributed by atoms with E-state index < -0.39 is 5.60 Å². The maximum Gasteiger partial charge on any atom is 0.410 e. The monoisotopic (exact) mass is 298 g/mol. The molecule has 0 spiro atoms. The van der Waals surface area contributed by atoms with Gasteiger partial charge >= 0.3 is 6.09 Å². The highest BCUT2D eigenvalue weighted by molar-refractivity contribution is 5.68. The smallest absolute Gasteiger partial charge is 0.410 e. The van der Waals surface area contributed by atoms with Crippen LogP contribution in [0.5, 0.6) is 0 Å². The van der Waals surface area contributed by atoms with Crippen molar-refractivity contribution in [3.8, 4) is 0 Å². The molecule has 2 aliphatic rings. The second-order valence-electron chi connectivity index (χ2n) is 6.95. The Bertz CT molecular complexity index is 329. The quantitative estimate of drug-likeness (QED) is 0.791. The first-order valence-electron chi connectivity index (χ1n) is 8.08. The van der Waals surface area contributed by atoms with E-state index in [4.69, 9.17) is 4.74 Å².